The van der Waals surface area contributed by atoms with Crippen LogP contribution in [0.1, 0.15) is 49.0 Å². The molecule has 1 aromatic rings. The number of hydrogen-bond acceptors (Lipinski definition) is 3. The number of carbonyl (C=O) groups is 1. The summed E-state index contributed by atoms with van der Waals surface area (Å²) in [5, 5.41) is 12.6. The lowest BCUT2D eigenvalue weighted by molar-refractivity contribution is 0.0684. The van der Waals surface area contributed by atoms with Crippen molar-refractivity contribution in [3.63, 3.8) is 0 Å². The molecule has 0 aromatic carbocycles. The lowest BCUT2D eigenvalue weighted by atomic mass is 9.72. The molecular weight excluding hydrogens is 206 g/mol. The van der Waals surface area contributed by atoms with Gasteiger partial charge in [0.25, 0.3) is 0 Å². The normalized spacial score (nSPS) is 20.6. The van der Waals surface area contributed by atoms with Gasteiger partial charge in [0.2, 0.25) is 0 Å². The zero-order chi connectivity index (χ0) is 11.9. The molecule has 0 spiro atoms. The van der Waals surface area contributed by atoms with Crippen LogP contribution in [0.4, 0.5) is 0 Å². The summed E-state index contributed by atoms with van der Waals surface area (Å²) in [5.74, 6) is 0.273. The maximum atomic E-state index is 11.0. The third-order valence-electron chi connectivity index (χ3n) is 3.47. The summed E-state index contributed by atoms with van der Waals surface area (Å²) in [6.45, 7) is 6.57. The van der Waals surface area contributed by atoms with E-state index < -0.39 is 5.97 Å². The Morgan fingerprint density at radius 1 is 1.50 bits per heavy atom. The SMILES string of the molecule is CC(C)(C)[C@@H]1CCc2onc(C(=O)O)c2C1. The molecule has 1 aromatic heterocycles. The van der Waals surface area contributed by atoms with Crippen molar-refractivity contribution in [2.24, 2.45) is 11.3 Å². The predicted octanol–water partition coefficient (Wildman–Crippen LogP) is 2.52. The molecule has 1 aliphatic carbocycles. The number of fused-ring (bicyclic) bond motifs is 1. The quantitative estimate of drug-likeness (QED) is 0.794. The minimum Gasteiger partial charge on any atom is -0.476 e. The first-order valence-corrected chi connectivity index (χ1v) is 5.60. The Hall–Kier alpha value is -1.32. The zero-order valence-electron chi connectivity index (χ0n) is 9.91. The minimum absolute atomic E-state index is 0.101. The number of nitrogens with zero attached hydrogens (tertiary/aromatic N) is 1. The molecule has 1 aliphatic rings. The molecule has 88 valence electrons. The first-order chi connectivity index (χ1) is 7.39. The number of aromatic carboxylic acids is 1. The van der Waals surface area contributed by atoms with Gasteiger partial charge in [0.1, 0.15) is 5.76 Å². The first kappa shape index (κ1) is 11.2. The van der Waals surface area contributed by atoms with Crippen molar-refractivity contribution >= 4 is 5.97 Å². The van der Waals surface area contributed by atoms with Gasteiger partial charge in [-0.1, -0.05) is 25.9 Å². The lowest BCUT2D eigenvalue weighted by Crippen LogP contribution is -2.27. The Balaban J connectivity index is 2.31. The van der Waals surface area contributed by atoms with E-state index in [2.05, 4.69) is 25.9 Å². The number of aryl methyl sites for hydroxylation is 1. The van der Waals surface area contributed by atoms with Gasteiger partial charge in [-0.3, -0.25) is 0 Å². The van der Waals surface area contributed by atoms with E-state index in [4.69, 9.17) is 9.63 Å². The van der Waals surface area contributed by atoms with Crippen LogP contribution in [0, 0.1) is 11.3 Å². The van der Waals surface area contributed by atoms with E-state index in [1.54, 1.807) is 0 Å². The Morgan fingerprint density at radius 2 is 2.19 bits per heavy atom. The molecule has 0 fully saturated rings. The van der Waals surface area contributed by atoms with Crippen molar-refractivity contribution in [1.82, 2.24) is 5.16 Å². The second-order valence-corrected chi connectivity index (χ2v) is 5.54. The second kappa shape index (κ2) is 3.61. The van der Waals surface area contributed by atoms with Gasteiger partial charge in [-0.15, -0.1) is 0 Å². The van der Waals surface area contributed by atoms with E-state index >= 15 is 0 Å². The number of rotatable bonds is 1. The fourth-order valence-corrected chi connectivity index (χ4v) is 2.31. The molecule has 1 N–H and O–H groups in total. The number of carboxylic acids is 1. The highest BCUT2D eigenvalue weighted by atomic mass is 16.5. The smallest absolute Gasteiger partial charge is 0.358 e. The number of aromatic nitrogens is 1. The molecular formula is C12H17NO3. The average molecular weight is 223 g/mol. The molecule has 1 atom stereocenters. The van der Waals surface area contributed by atoms with Crippen LogP contribution < -0.4 is 0 Å². The molecule has 2 rings (SSSR count). The molecule has 0 bridgehead atoms. The molecule has 0 aliphatic heterocycles. The van der Waals surface area contributed by atoms with Crippen LogP contribution in [0.25, 0.3) is 0 Å². The fraction of sp³-hybridized carbons (Fsp3) is 0.667. The van der Waals surface area contributed by atoms with Gasteiger partial charge in [0.15, 0.2) is 5.69 Å². The standard InChI is InChI=1S/C12H17NO3/c1-12(2,3)7-4-5-9-8(6-7)10(11(14)15)13-16-9/h7H,4-6H2,1-3H3,(H,14,15)/t7-/m1/s1. The third kappa shape index (κ3) is 1.84. The Bertz CT molecular complexity index is 414. The van der Waals surface area contributed by atoms with E-state index in [9.17, 15) is 4.79 Å². The number of hydrogen-bond donors (Lipinski definition) is 1. The predicted molar refractivity (Wildman–Crippen MR) is 58.4 cm³/mol. The number of carboxylic acid groups (broad SMARTS) is 1. The maximum Gasteiger partial charge on any atom is 0.358 e. The highest BCUT2D eigenvalue weighted by Crippen LogP contribution is 2.38. The summed E-state index contributed by atoms with van der Waals surface area (Å²) in [5.41, 5.74) is 1.10. The molecule has 0 radical (unpaired) electrons. The van der Waals surface area contributed by atoms with E-state index in [1.165, 1.54) is 0 Å². The fourth-order valence-electron chi connectivity index (χ4n) is 2.31. The summed E-state index contributed by atoms with van der Waals surface area (Å²) in [6, 6.07) is 0. The summed E-state index contributed by atoms with van der Waals surface area (Å²) in [6.07, 6.45) is 2.62. The van der Waals surface area contributed by atoms with Crippen molar-refractivity contribution in [2.75, 3.05) is 0 Å². The Morgan fingerprint density at radius 3 is 2.75 bits per heavy atom. The molecule has 0 amide bonds. The van der Waals surface area contributed by atoms with Gasteiger partial charge in [-0.2, -0.15) is 0 Å². The lowest BCUT2D eigenvalue weighted by Gasteiger charge is -2.33. The van der Waals surface area contributed by atoms with E-state index in [1.807, 2.05) is 0 Å². The summed E-state index contributed by atoms with van der Waals surface area (Å²) >= 11 is 0. The van der Waals surface area contributed by atoms with Gasteiger partial charge in [-0.25, -0.2) is 4.79 Å². The molecule has 1 heterocycles. The average Bonchev–Trinajstić information content (AvgIpc) is 2.58. The molecule has 0 saturated carbocycles. The summed E-state index contributed by atoms with van der Waals surface area (Å²) in [4.78, 5) is 11.0. The highest BCUT2D eigenvalue weighted by molar-refractivity contribution is 5.87. The minimum atomic E-state index is -0.987. The molecule has 4 nitrogen and oxygen atoms in total. The van der Waals surface area contributed by atoms with Crippen LogP contribution in [0.3, 0.4) is 0 Å². The first-order valence-electron chi connectivity index (χ1n) is 5.60. The third-order valence-corrected chi connectivity index (χ3v) is 3.47. The van der Waals surface area contributed by atoms with Crippen molar-refractivity contribution in [3.8, 4) is 0 Å². The van der Waals surface area contributed by atoms with Crippen LogP contribution in [0.15, 0.2) is 4.52 Å². The summed E-state index contributed by atoms with van der Waals surface area (Å²) in [7, 11) is 0. The molecule has 0 unspecified atom stereocenters. The van der Waals surface area contributed by atoms with Gasteiger partial charge < -0.3 is 9.63 Å². The van der Waals surface area contributed by atoms with Gasteiger partial charge >= 0.3 is 5.97 Å². The highest BCUT2D eigenvalue weighted by Gasteiger charge is 2.33. The van der Waals surface area contributed by atoms with Crippen LogP contribution in [-0.2, 0) is 12.8 Å². The van der Waals surface area contributed by atoms with Crippen molar-refractivity contribution in [1.29, 1.82) is 0 Å². The molecule has 0 saturated heterocycles. The van der Waals surface area contributed by atoms with Crippen molar-refractivity contribution in [2.45, 2.75) is 40.0 Å². The van der Waals surface area contributed by atoms with Gasteiger partial charge in [0.05, 0.1) is 0 Å². The topological polar surface area (TPSA) is 63.3 Å². The van der Waals surface area contributed by atoms with Gasteiger partial charge in [-0.05, 0) is 24.2 Å². The van der Waals surface area contributed by atoms with E-state index in [-0.39, 0.29) is 11.1 Å². The zero-order valence-corrected chi connectivity index (χ0v) is 9.91. The largest absolute Gasteiger partial charge is 0.476 e. The second-order valence-electron chi connectivity index (χ2n) is 5.54. The maximum absolute atomic E-state index is 11.0. The monoisotopic (exact) mass is 223 g/mol. The van der Waals surface area contributed by atoms with E-state index in [0.29, 0.717) is 5.92 Å². The van der Waals surface area contributed by atoms with Crippen LogP contribution in [0.2, 0.25) is 0 Å². The Labute approximate surface area is 94.6 Å². The van der Waals surface area contributed by atoms with Crippen molar-refractivity contribution in [3.05, 3.63) is 17.0 Å². The summed E-state index contributed by atoms with van der Waals surface area (Å²) < 4.78 is 5.08. The van der Waals surface area contributed by atoms with E-state index in [0.717, 1.165) is 30.6 Å². The molecule has 16 heavy (non-hydrogen) atoms. The van der Waals surface area contributed by atoms with Crippen LogP contribution in [0.5, 0.6) is 0 Å². The van der Waals surface area contributed by atoms with Crippen molar-refractivity contribution < 1.29 is 14.4 Å². The van der Waals surface area contributed by atoms with Gasteiger partial charge in [0, 0.05) is 12.0 Å². The Kier molecular flexibility index (Phi) is 2.52. The van der Waals surface area contributed by atoms with Crippen LogP contribution in [-0.4, -0.2) is 16.2 Å². The van der Waals surface area contributed by atoms with Crippen LogP contribution >= 0.6 is 0 Å². The molecule has 4 heteroatoms.